The van der Waals surface area contributed by atoms with Crippen LogP contribution in [0.15, 0.2) is 46.1 Å². The van der Waals surface area contributed by atoms with Crippen molar-refractivity contribution in [2.75, 3.05) is 25.3 Å². The topological polar surface area (TPSA) is 99.4 Å². The number of amides is 1. The van der Waals surface area contributed by atoms with Gasteiger partial charge in [0.25, 0.3) is 5.89 Å². The molecule has 9 heteroatoms. The Balaban J connectivity index is 1.57. The Hall–Kier alpha value is -3.07. The highest BCUT2D eigenvalue weighted by molar-refractivity contribution is 7.99. The Morgan fingerprint density at radius 2 is 1.93 bits per heavy atom. The average Bonchev–Trinajstić information content (AvgIpc) is 3.12. The van der Waals surface area contributed by atoms with Crippen LogP contribution < -0.4 is 14.8 Å². The Morgan fingerprint density at radius 3 is 2.48 bits per heavy atom. The summed E-state index contributed by atoms with van der Waals surface area (Å²) in [6.45, 7) is 1.75. The van der Waals surface area contributed by atoms with E-state index in [4.69, 9.17) is 14.0 Å². The maximum Gasteiger partial charge on any atom is 0.259 e. The standard InChI is InChI=1S/C18H18N4O4S/c1-11-20-18(26-22-11)12-4-5-17(19-9-12)27-10-16(23)21-13-6-14(24-2)8-15(7-13)25-3/h4-9H,10H2,1-3H3,(H,21,23). The molecule has 0 fully saturated rings. The predicted octanol–water partition coefficient (Wildman–Crippen LogP) is 3.19. The van der Waals surface area contributed by atoms with Crippen LogP contribution in [0.5, 0.6) is 11.5 Å². The predicted molar refractivity (Wildman–Crippen MR) is 101 cm³/mol. The number of nitrogens with one attached hydrogen (secondary N) is 1. The third-order valence-electron chi connectivity index (χ3n) is 3.50. The number of thioether (sulfide) groups is 1. The fraction of sp³-hybridized carbons (Fsp3) is 0.222. The van der Waals surface area contributed by atoms with E-state index in [1.165, 1.54) is 11.8 Å². The van der Waals surface area contributed by atoms with Crippen molar-refractivity contribution in [1.29, 1.82) is 0 Å². The molecule has 0 unspecified atom stereocenters. The van der Waals surface area contributed by atoms with Gasteiger partial charge >= 0.3 is 0 Å². The van der Waals surface area contributed by atoms with Crippen LogP contribution in [0.3, 0.4) is 0 Å². The van der Waals surface area contributed by atoms with E-state index in [1.54, 1.807) is 51.6 Å². The number of aryl methyl sites for hydroxylation is 1. The molecule has 2 heterocycles. The molecular formula is C18H18N4O4S. The first-order valence-corrected chi connectivity index (χ1v) is 8.98. The molecular weight excluding hydrogens is 368 g/mol. The summed E-state index contributed by atoms with van der Waals surface area (Å²) in [4.78, 5) is 20.7. The van der Waals surface area contributed by atoms with Crippen molar-refractivity contribution in [3.05, 3.63) is 42.4 Å². The molecule has 1 amide bonds. The number of hydrogen-bond donors (Lipinski definition) is 1. The number of aromatic nitrogens is 3. The van der Waals surface area contributed by atoms with Crippen LogP contribution in [-0.2, 0) is 4.79 Å². The second-order valence-electron chi connectivity index (χ2n) is 5.47. The molecule has 0 aliphatic heterocycles. The smallest absolute Gasteiger partial charge is 0.259 e. The summed E-state index contributed by atoms with van der Waals surface area (Å²) in [5.74, 6) is 2.24. The van der Waals surface area contributed by atoms with E-state index in [0.29, 0.717) is 33.9 Å². The summed E-state index contributed by atoms with van der Waals surface area (Å²) in [6, 6.07) is 8.82. The normalized spacial score (nSPS) is 10.5. The Bertz CT molecular complexity index is 905. The number of nitrogens with zero attached hydrogens (tertiary/aromatic N) is 3. The van der Waals surface area contributed by atoms with E-state index in [0.717, 1.165) is 5.56 Å². The summed E-state index contributed by atoms with van der Waals surface area (Å²) in [5.41, 5.74) is 1.33. The van der Waals surface area contributed by atoms with Crippen molar-refractivity contribution in [2.24, 2.45) is 0 Å². The van der Waals surface area contributed by atoms with Crippen LogP contribution in [0.1, 0.15) is 5.82 Å². The quantitative estimate of drug-likeness (QED) is 0.618. The van der Waals surface area contributed by atoms with Crippen LogP contribution in [0.4, 0.5) is 5.69 Å². The second-order valence-corrected chi connectivity index (χ2v) is 6.47. The van der Waals surface area contributed by atoms with E-state index < -0.39 is 0 Å². The van der Waals surface area contributed by atoms with Crippen molar-refractivity contribution in [2.45, 2.75) is 11.9 Å². The zero-order chi connectivity index (χ0) is 19.2. The largest absolute Gasteiger partial charge is 0.497 e. The van der Waals surface area contributed by atoms with Crippen molar-refractivity contribution < 1.29 is 18.8 Å². The van der Waals surface area contributed by atoms with Gasteiger partial charge in [0.15, 0.2) is 5.82 Å². The molecule has 0 aliphatic carbocycles. The Morgan fingerprint density at radius 1 is 1.19 bits per heavy atom. The molecule has 140 valence electrons. The lowest BCUT2D eigenvalue weighted by Gasteiger charge is -2.09. The number of carbonyl (C=O) groups is 1. The molecule has 0 atom stereocenters. The van der Waals surface area contributed by atoms with Gasteiger partial charge in [-0.25, -0.2) is 4.98 Å². The first kappa shape index (κ1) is 18.7. The van der Waals surface area contributed by atoms with Gasteiger partial charge in [0, 0.05) is 30.1 Å². The maximum atomic E-state index is 12.2. The number of hydrogen-bond acceptors (Lipinski definition) is 8. The number of rotatable bonds is 7. The summed E-state index contributed by atoms with van der Waals surface area (Å²) < 4.78 is 15.5. The SMILES string of the molecule is COc1cc(NC(=O)CSc2ccc(-c3nc(C)no3)cn2)cc(OC)c1. The minimum atomic E-state index is -0.159. The lowest BCUT2D eigenvalue weighted by atomic mass is 10.2. The second kappa shape index (κ2) is 8.54. The number of anilines is 1. The monoisotopic (exact) mass is 386 g/mol. The molecule has 1 aromatic carbocycles. The first-order valence-electron chi connectivity index (χ1n) is 8.00. The molecule has 1 N–H and O–H groups in total. The highest BCUT2D eigenvalue weighted by atomic mass is 32.2. The van der Waals surface area contributed by atoms with Gasteiger partial charge in [0.1, 0.15) is 11.5 Å². The summed E-state index contributed by atoms with van der Waals surface area (Å²) in [5, 5.41) is 7.29. The number of pyridine rings is 1. The van der Waals surface area contributed by atoms with Crippen molar-refractivity contribution in [1.82, 2.24) is 15.1 Å². The van der Waals surface area contributed by atoms with Crippen molar-refractivity contribution >= 4 is 23.4 Å². The third kappa shape index (κ3) is 4.98. The van der Waals surface area contributed by atoms with Crippen LogP contribution in [0.2, 0.25) is 0 Å². The molecule has 0 saturated carbocycles. The molecule has 2 aromatic heterocycles. The van der Waals surface area contributed by atoms with E-state index >= 15 is 0 Å². The Labute approximate surface area is 160 Å². The van der Waals surface area contributed by atoms with Gasteiger partial charge < -0.3 is 19.3 Å². The van der Waals surface area contributed by atoms with Crippen LogP contribution in [-0.4, -0.2) is 41.0 Å². The van der Waals surface area contributed by atoms with E-state index in [9.17, 15) is 4.79 Å². The maximum absolute atomic E-state index is 12.2. The van der Waals surface area contributed by atoms with E-state index in [-0.39, 0.29) is 11.7 Å². The highest BCUT2D eigenvalue weighted by Gasteiger charge is 2.09. The van der Waals surface area contributed by atoms with Crippen molar-refractivity contribution in [3.8, 4) is 23.0 Å². The van der Waals surface area contributed by atoms with Gasteiger partial charge in [-0.05, 0) is 19.1 Å². The number of benzene rings is 1. The summed E-state index contributed by atoms with van der Waals surface area (Å²) >= 11 is 1.32. The van der Waals surface area contributed by atoms with Crippen LogP contribution in [0.25, 0.3) is 11.5 Å². The minimum absolute atomic E-state index is 0.159. The molecule has 0 aliphatic rings. The fourth-order valence-corrected chi connectivity index (χ4v) is 2.87. The molecule has 0 spiro atoms. The van der Waals surface area contributed by atoms with Gasteiger partial charge in [-0.3, -0.25) is 4.79 Å². The molecule has 0 saturated heterocycles. The van der Waals surface area contributed by atoms with Gasteiger partial charge in [-0.1, -0.05) is 16.9 Å². The zero-order valence-electron chi connectivity index (χ0n) is 15.1. The molecule has 27 heavy (non-hydrogen) atoms. The van der Waals surface area contributed by atoms with Gasteiger partial charge in [-0.2, -0.15) is 4.98 Å². The Kier molecular flexibility index (Phi) is 5.92. The van der Waals surface area contributed by atoms with Crippen molar-refractivity contribution in [3.63, 3.8) is 0 Å². The number of carbonyl (C=O) groups excluding carboxylic acids is 1. The minimum Gasteiger partial charge on any atom is -0.497 e. The van der Waals surface area contributed by atoms with Crippen LogP contribution >= 0.6 is 11.8 Å². The molecule has 3 rings (SSSR count). The molecule has 3 aromatic rings. The fourth-order valence-electron chi connectivity index (χ4n) is 2.22. The zero-order valence-corrected chi connectivity index (χ0v) is 15.9. The van der Waals surface area contributed by atoms with Gasteiger partial charge in [0.05, 0.1) is 30.6 Å². The van der Waals surface area contributed by atoms with E-state index in [1.807, 2.05) is 6.07 Å². The van der Waals surface area contributed by atoms with E-state index in [2.05, 4.69) is 20.4 Å². The highest BCUT2D eigenvalue weighted by Crippen LogP contribution is 2.26. The summed E-state index contributed by atoms with van der Waals surface area (Å²) in [7, 11) is 3.11. The molecule has 8 nitrogen and oxygen atoms in total. The first-order chi connectivity index (χ1) is 13.1. The van der Waals surface area contributed by atoms with Gasteiger partial charge in [0.2, 0.25) is 5.91 Å². The third-order valence-corrected chi connectivity index (χ3v) is 4.44. The van der Waals surface area contributed by atoms with Gasteiger partial charge in [-0.15, -0.1) is 0 Å². The number of methoxy groups -OCH3 is 2. The molecule has 0 bridgehead atoms. The number of ether oxygens (including phenoxy) is 2. The average molecular weight is 386 g/mol. The summed E-state index contributed by atoms with van der Waals surface area (Å²) in [6.07, 6.45) is 1.64. The lowest BCUT2D eigenvalue weighted by Crippen LogP contribution is -2.14. The molecule has 0 radical (unpaired) electrons. The lowest BCUT2D eigenvalue weighted by molar-refractivity contribution is -0.113. The van der Waals surface area contributed by atoms with Crippen LogP contribution in [0, 0.1) is 6.92 Å².